The van der Waals surface area contributed by atoms with Crippen LogP contribution < -0.4 is 0 Å². The Hall–Kier alpha value is -1.70. The monoisotopic (exact) mass is 158 g/mol. The van der Waals surface area contributed by atoms with Crippen molar-refractivity contribution in [2.75, 3.05) is 0 Å². The standard InChI is InChI=1S/C10H8NO/c12-10-5-3-9(4-6-10)11-7-1-2-8-11/h1-8H. The lowest BCUT2D eigenvalue weighted by Crippen LogP contribution is -1.86. The summed E-state index contributed by atoms with van der Waals surface area (Å²) in [5.74, 6) is 0.0471. The smallest absolute Gasteiger partial charge is 0.178 e. The van der Waals surface area contributed by atoms with E-state index >= 15 is 0 Å². The number of hydrogen-bond acceptors (Lipinski definition) is 0. The normalized spacial score (nSPS) is 10.0. The molecule has 2 nitrogen and oxygen atoms in total. The van der Waals surface area contributed by atoms with E-state index in [0.717, 1.165) is 5.69 Å². The summed E-state index contributed by atoms with van der Waals surface area (Å²) in [6.45, 7) is 0. The van der Waals surface area contributed by atoms with E-state index < -0.39 is 0 Å². The highest BCUT2D eigenvalue weighted by atomic mass is 16.3. The lowest BCUT2D eigenvalue weighted by molar-refractivity contribution is 0.355. The summed E-state index contributed by atoms with van der Waals surface area (Å²) >= 11 is 0. The van der Waals surface area contributed by atoms with Gasteiger partial charge in [0.25, 0.3) is 0 Å². The van der Waals surface area contributed by atoms with Gasteiger partial charge in [0.2, 0.25) is 0 Å². The van der Waals surface area contributed by atoms with Gasteiger partial charge in [0.1, 0.15) is 0 Å². The van der Waals surface area contributed by atoms with Crippen LogP contribution in [0.5, 0.6) is 5.75 Å². The van der Waals surface area contributed by atoms with Gasteiger partial charge in [-0.25, -0.2) is 0 Å². The molecule has 59 valence electrons. The van der Waals surface area contributed by atoms with Gasteiger partial charge in [-0.05, 0) is 36.4 Å². The van der Waals surface area contributed by atoms with Gasteiger partial charge in [0, 0.05) is 18.1 Å². The predicted octanol–water partition coefficient (Wildman–Crippen LogP) is 2.62. The molecule has 0 saturated carbocycles. The van der Waals surface area contributed by atoms with Crippen LogP contribution in [0.2, 0.25) is 0 Å². The Morgan fingerprint density at radius 3 is 2.08 bits per heavy atom. The van der Waals surface area contributed by atoms with Gasteiger partial charge in [0.05, 0.1) is 0 Å². The minimum absolute atomic E-state index is 0.0471. The van der Waals surface area contributed by atoms with Crippen LogP contribution in [0.3, 0.4) is 0 Å². The number of hydrogen-bond donors (Lipinski definition) is 0. The van der Waals surface area contributed by atoms with Crippen LogP contribution in [0.4, 0.5) is 0 Å². The molecule has 2 heteroatoms. The van der Waals surface area contributed by atoms with E-state index in [1.54, 1.807) is 12.1 Å². The Bertz CT molecular complexity index is 348. The zero-order valence-electron chi connectivity index (χ0n) is 6.47. The van der Waals surface area contributed by atoms with Gasteiger partial charge in [-0.3, -0.25) is 5.11 Å². The summed E-state index contributed by atoms with van der Waals surface area (Å²) < 4.78 is 1.96. The Morgan fingerprint density at radius 2 is 1.50 bits per heavy atom. The minimum Gasteiger partial charge on any atom is -0.324 e. The first-order valence-corrected chi connectivity index (χ1v) is 3.77. The van der Waals surface area contributed by atoms with Crippen LogP contribution in [-0.4, -0.2) is 4.57 Å². The molecular weight excluding hydrogens is 150 g/mol. The second-order valence-electron chi connectivity index (χ2n) is 2.58. The van der Waals surface area contributed by atoms with E-state index in [4.69, 9.17) is 0 Å². The Labute approximate surface area is 70.7 Å². The molecule has 0 aliphatic carbocycles. The van der Waals surface area contributed by atoms with Gasteiger partial charge < -0.3 is 4.57 Å². The van der Waals surface area contributed by atoms with Crippen LogP contribution in [0, 0.1) is 0 Å². The van der Waals surface area contributed by atoms with Crippen molar-refractivity contribution in [2.45, 2.75) is 0 Å². The molecule has 0 fully saturated rings. The maximum atomic E-state index is 10.8. The van der Waals surface area contributed by atoms with E-state index in [-0.39, 0.29) is 5.75 Å². The van der Waals surface area contributed by atoms with Gasteiger partial charge in [-0.2, -0.15) is 0 Å². The van der Waals surface area contributed by atoms with Crippen molar-refractivity contribution in [2.24, 2.45) is 0 Å². The molecule has 0 aliphatic heterocycles. The van der Waals surface area contributed by atoms with Gasteiger partial charge >= 0.3 is 0 Å². The molecule has 1 aromatic heterocycles. The zero-order valence-corrected chi connectivity index (χ0v) is 6.47. The molecular formula is C10H8NO. The summed E-state index contributed by atoms with van der Waals surface area (Å²) in [7, 11) is 0. The fraction of sp³-hybridized carbons (Fsp3) is 0. The Kier molecular flexibility index (Phi) is 1.59. The van der Waals surface area contributed by atoms with Gasteiger partial charge in [-0.15, -0.1) is 0 Å². The number of nitrogens with zero attached hydrogens (tertiary/aromatic N) is 1. The second kappa shape index (κ2) is 2.74. The maximum absolute atomic E-state index is 10.8. The van der Waals surface area contributed by atoms with Crippen LogP contribution >= 0.6 is 0 Å². The predicted molar refractivity (Wildman–Crippen MR) is 45.9 cm³/mol. The summed E-state index contributed by atoms with van der Waals surface area (Å²) in [5.41, 5.74) is 1.01. The van der Waals surface area contributed by atoms with Gasteiger partial charge in [-0.1, -0.05) is 0 Å². The third kappa shape index (κ3) is 1.19. The molecule has 0 unspecified atom stereocenters. The summed E-state index contributed by atoms with van der Waals surface area (Å²) in [4.78, 5) is 0. The molecule has 1 radical (unpaired) electrons. The highest BCUT2D eigenvalue weighted by Gasteiger charge is 1.93. The molecule has 0 spiro atoms. The van der Waals surface area contributed by atoms with Crippen LogP contribution in [-0.2, 0) is 5.11 Å². The van der Waals surface area contributed by atoms with E-state index in [9.17, 15) is 5.11 Å². The molecule has 0 saturated heterocycles. The fourth-order valence-electron chi connectivity index (χ4n) is 1.12. The molecule has 0 N–H and O–H groups in total. The first-order chi connectivity index (χ1) is 5.86. The molecule has 1 heterocycles. The van der Waals surface area contributed by atoms with E-state index in [2.05, 4.69) is 0 Å². The first-order valence-electron chi connectivity index (χ1n) is 3.77. The number of aromatic nitrogens is 1. The lowest BCUT2D eigenvalue weighted by Gasteiger charge is -2.00. The fourth-order valence-corrected chi connectivity index (χ4v) is 1.12. The van der Waals surface area contributed by atoms with Crippen molar-refractivity contribution in [3.05, 3.63) is 48.8 Å². The van der Waals surface area contributed by atoms with Crippen LogP contribution in [0.25, 0.3) is 5.69 Å². The lowest BCUT2D eigenvalue weighted by atomic mass is 10.3. The second-order valence-corrected chi connectivity index (χ2v) is 2.58. The number of benzene rings is 1. The van der Waals surface area contributed by atoms with Crippen LogP contribution in [0.1, 0.15) is 0 Å². The zero-order chi connectivity index (χ0) is 8.39. The Morgan fingerprint density at radius 1 is 0.917 bits per heavy atom. The highest BCUT2D eigenvalue weighted by molar-refractivity contribution is 5.36. The molecule has 0 bridgehead atoms. The largest absolute Gasteiger partial charge is 0.324 e. The molecule has 2 rings (SSSR count). The molecule has 0 atom stereocenters. The molecule has 0 amide bonds. The third-order valence-electron chi connectivity index (χ3n) is 1.74. The van der Waals surface area contributed by atoms with Crippen molar-refractivity contribution in [3.63, 3.8) is 0 Å². The van der Waals surface area contributed by atoms with Crippen molar-refractivity contribution in [3.8, 4) is 11.4 Å². The van der Waals surface area contributed by atoms with Crippen molar-refractivity contribution in [1.82, 2.24) is 4.57 Å². The highest BCUT2D eigenvalue weighted by Crippen LogP contribution is 2.13. The molecule has 12 heavy (non-hydrogen) atoms. The SMILES string of the molecule is [O]c1ccc(-n2cccc2)cc1. The summed E-state index contributed by atoms with van der Waals surface area (Å²) in [5, 5.41) is 10.8. The van der Waals surface area contributed by atoms with E-state index in [1.165, 1.54) is 0 Å². The van der Waals surface area contributed by atoms with Gasteiger partial charge in [0.15, 0.2) is 5.75 Å². The molecule has 0 aliphatic rings. The van der Waals surface area contributed by atoms with Crippen molar-refractivity contribution >= 4 is 0 Å². The first kappa shape index (κ1) is 6.98. The average Bonchev–Trinajstić information content (AvgIpc) is 2.58. The molecule has 1 aromatic carbocycles. The topological polar surface area (TPSA) is 24.8 Å². The molecule has 2 aromatic rings. The number of rotatable bonds is 1. The summed E-state index contributed by atoms with van der Waals surface area (Å²) in [6.07, 6.45) is 3.89. The maximum Gasteiger partial charge on any atom is 0.178 e. The minimum atomic E-state index is 0.0471. The van der Waals surface area contributed by atoms with E-state index in [1.807, 2.05) is 41.2 Å². The Balaban J connectivity index is 2.43. The average molecular weight is 158 g/mol. The van der Waals surface area contributed by atoms with Crippen LogP contribution in [0.15, 0.2) is 48.8 Å². The third-order valence-corrected chi connectivity index (χ3v) is 1.74. The van der Waals surface area contributed by atoms with Crippen molar-refractivity contribution in [1.29, 1.82) is 0 Å². The van der Waals surface area contributed by atoms with Crippen molar-refractivity contribution < 1.29 is 5.11 Å². The quantitative estimate of drug-likeness (QED) is 0.609. The summed E-state index contributed by atoms with van der Waals surface area (Å²) in [6, 6.07) is 10.6. The van der Waals surface area contributed by atoms with E-state index in [0.29, 0.717) is 0 Å².